The molecule has 0 fully saturated rings. The minimum absolute atomic E-state index is 0. The van der Waals surface area contributed by atoms with E-state index in [-0.39, 0.29) is 58.2 Å². The second-order valence-corrected chi connectivity index (χ2v) is 9.79. The molecule has 9 heteroatoms. The fourth-order valence-corrected chi connectivity index (χ4v) is 5.59. The van der Waals surface area contributed by atoms with Crippen LogP contribution in [0.4, 0.5) is 0 Å². The molecule has 41 heavy (non-hydrogen) atoms. The van der Waals surface area contributed by atoms with Gasteiger partial charge in [0.1, 0.15) is 22.6 Å². The predicted molar refractivity (Wildman–Crippen MR) is 163 cm³/mol. The van der Waals surface area contributed by atoms with Crippen LogP contribution in [0.3, 0.4) is 0 Å². The smallest absolute Gasteiger partial charge is 0.164 e. The van der Waals surface area contributed by atoms with Crippen LogP contribution < -0.4 is 0 Å². The molecule has 0 atom stereocenters. The third-order valence-corrected chi connectivity index (χ3v) is 7.46. The van der Waals surface area contributed by atoms with E-state index >= 15 is 0 Å². The van der Waals surface area contributed by atoms with E-state index in [1.807, 2.05) is 97.1 Å². The summed E-state index contributed by atoms with van der Waals surface area (Å²) in [5.74, 6) is 2.39. The van der Waals surface area contributed by atoms with Gasteiger partial charge in [-0.2, -0.15) is 0 Å². The van der Waals surface area contributed by atoms with Crippen molar-refractivity contribution in [1.82, 2.24) is 39.9 Å². The summed E-state index contributed by atoms with van der Waals surface area (Å²) < 4.78 is 0. The summed E-state index contributed by atoms with van der Waals surface area (Å²) in [6.45, 7) is 0. The summed E-state index contributed by atoms with van der Waals surface area (Å²) in [6, 6.07) is 32.2. The second-order valence-electron chi connectivity index (χ2n) is 9.79. The Hall–Kier alpha value is -3.95. The van der Waals surface area contributed by atoms with Gasteiger partial charge < -0.3 is 9.97 Å². The first-order chi connectivity index (χ1) is 19.8. The Kier molecular flexibility index (Phi) is 5.79. The Labute approximate surface area is 281 Å². The maximum absolute atomic E-state index is 5.02. The molecular weight excluding hydrogens is 582 g/mol. The zero-order chi connectivity index (χ0) is 26.2. The topological polar surface area (TPSA) is 109 Å². The Morgan fingerprint density at radius 3 is 0.829 bits per heavy atom. The molecule has 8 bridgehead atoms. The van der Waals surface area contributed by atoms with Crippen molar-refractivity contribution in [3.8, 4) is 45.6 Å². The summed E-state index contributed by atoms with van der Waals surface area (Å²) >= 11 is 0. The van der Waals surface area contributed by atoms with Crippen molar-refractivity contribution in [2.45, 2.75) is 0 Å². The minimum Gasteiger partial charge on any atom is -0.324 e. The summed E-state index contributed by atoms with van der Waals surface area (Å²) in [5.41, 5.74) is 6.45. The average Bonchev–Trinajstić information content (AvgIpc) is 3.73. The molecule has 9 rings (SSSR count). The van der Waals surface area contributed by atoms with Gasteiger partial charge in [-0.05, 0) is 0 Å². The maximum atomic E-state index is 5.02. The van der Waals surface area contributed by atoms with Crippen molar-refractivity contribution in [3.63, 3.8) is 0 Å². The van der Waals surface area contributed by atoms with Crippen molar-refractivity contribution in [3.05, 3.63) is 97.1 Å². The molecule has 0 amide bonds. The molecule has 0 aliphatic carbocycles. The van der Waals surface area contributed by atoms with Crippen molar-refractivity contribution in [2.24, 2.45) is 0 Å². The van der Waals surface area contributed by atoms with Crippen molar-refractivity contribution in [1.29, 1.82) is 0 Å². The molecule has 2 aliphatic heterocycles. The number of fused-ring (bicyclic) bond motifs is 20. The van der Waals surface area contributed by atoms with Gasteiger partial charge in [0, 0.05) is 43.8 Å². The van der Waals surface area contributed by atoms with E-state index < -0.39 is 0 Å². The van der Waals surface area contributed by atoms with Crippen LogP contribution in [0.5, 0.6) is 0 Å². The Morgan fingerprint density at radius 1 is 0.317 bits per heavy atom. The van der Waals surface area contributed by atoms with Crippen molar-refractivity contribution in [2.75, 3.05) is 0 Å². The number of hydrogen-bond acceptors (Lipinski definition) is 6. The van der Waals surface area contributed by atoms with Crippen LogP contribution in [0, 0.1) is 0 Å². The Bertz CT molecular complexity index is 2030. The van der Waals surface area contributed by atoms with Crippen LogP contribution >= 0.6 is 0 Å². The van der Waals surface area contributed by atoms with Gasteiger partial charge in [-0.3, -0.25) is 0 Å². The first-order valence-corrected chi connectivity index (χ1v) is 13.0. The van der Waals surface area contributed by atoms with Crippen molar-refractivity contribution >= 4 is 102 Å². The number of benzene rings is 4. The van der Waals surface area contributed by atoms with Gasteiger partial charge in [0.25, 0.3) is 0 Å². The normalized spacial score (nSPS) is 11.7. The number of rotatable bonds is 0. The van der Waals surface area contributed by atoms with Crippen LogP contribution in [0.2, 0.25) is 0 Å². The summed E-state index contributed by atoms with van der Waals surface area (Å²) in [6.07, 6.45) is 0. The SMILES string of the molecule is [RbH].c1ccc2c(c1)-c1nc-2nc2[nH]c(nc3nc(nc4[nH]c(n1)c1ccccc41)-c1ccccc1-3)c1ccccc21. The Morgan fingerprint density at radius 2 is 0.561 bits per heavy atom. The minimum atomic E-state index is 0. The van der Waals surface area contributed by atoms with Gasteiger partial charge in [-0.1, -0.05) is 97.1 Å². The largest absolute Gasteiger partial charge is 0.324 e. The van der Waals surface area contributed by atoms with Gasteiger partial charge in [0.15, 0.2) is 23.3 Å². The van der Waals surface area contributed by atoms with E-state index in [0.29, 0.717) is 45.9 Å². The first-order valence-electron chi connectivity index (χ1n) is 13.0. The molecular formula is C32H19N8Rb. The molecule has 0 saturated heterocycles. The fraction of sp³-hybridized carbons (Fsp3) is 0. The molecule has 4 aromatic carbocycles. The molecule has 2 aliphatic rings. The van der Waals surface area contributed by atoms with Gasteiger partial charge in [0.05, 0.1) is 0 Å². The number of nitrogens with zero attached hydrogens (tertiary/aromatic N) is 6. The van der Waals surface area contributed by atoms with Crippen LogP contribution in [-0.4, -0.2) is 98.1 Å². The number of H-pyrrole nitrogens is 2. The van der Waals surface area contributed by atoms with E-state index in [0.717, 1.165) is 43.8 Å². The molecule has 0 radical (unpaired) electrons. The van der Waals surface area contributed by atoms with Gasteiger partial charge >= 0.3 is 58.2 Å². The number of aromatic amines is 2. The van der Waals surface area contributed by atoms with Gasteiger partial charge in [-0.15, -0.1) is 0 Å². The molecule has 3 aromatic heterocycles. The molecule has 188 valence electrons. The number of aromatic nitrogens is 8. The molecule has 8 nitrogen and oxygen atoms in total. The maximum Gasteiger partial charge on any atom is 0.164 e. The van der Waals surface area contributed by atoms with Crippen LogP contribution in [0.15, 0.2) is 97.1 Å². The average molecular weight is 601 g/mol. The Balaban J connectivity index is 0.00000256. The van der Waals surface area contributed by atoms with Gasteiger partial charge in [-0.25, -0.2) is 29.9 Å². The summed E-state index contributed by atoms with van der Waals surface area (Å²) in [4.78, 5) is 36.8. The molecule has 0 unspecified atom stereocenters. The predicted octanol–water partition coefficient (Wildman–Crippen LogP) is 6.22. The first kappa shape index (κ1) is 24.8. The molecule has 0 saturated carbocycles. The van der Waals surface area contributed by atoms with Crippen LogP contribution in [0.1, 0.15) is 0 Å². The van der Waals surface area contributed by atoms with E-state index in [9.17, 15) is 0 Å². The van der Waals surface area contributed by atoms with Crippen LogP contribution in [-0.2, 0) is 0 Å². The second kappa shape index (κ2) is 9.56. The van der Waals surface area contributed by atoms with E-state index in [1.54, 1.807) is 0 Å². The third-order valence-electron chi connectivity index (χ3n) is 7.46. The summed E-state index contributed by atoms with van der Waals surface area (Å²) in [7, 11) is 0. The molecule has 0 spiro atoms. The quantitative estimate of drug-likeness (QED) is 0.214. The standard InChI is InChI=1S/C32H18N8.Rb.H/c1-2-10-18-17(9-1)25-33-26(18)38-28-21-13-5-6-14-22(21)30(35-28)40-32-24-16-8-7-15-23(24)31(36-32)39-29-20-12-4-3-11-19(20)27(34-29)37-25;;/h1-16H,(H2,33,34,35,36,37,38,39,40);;. The van der Waals surface area contributed by atoms with Gasteiger partial charge in [0.2, 0.25) is 0 Å². The van der Waals surface area contributed by atoms with Crippen molar-refractivity contribution < 1.29 is 0 Å². The van der Waals surface area contributed by atoms with E-state index in [1.165, 1.54) is 0 Å². The van der Waals surface area contributed by atoms with E-state index in [2.05, 4.69) is 9.97 Å². The number of hydrogen-bond donors (Lipinski definition) is 2. The fourth-order valence-electron chi connectivity index (χ4n) is 5.59. The van der Waals surface area contributed by atoms with Crippen LogP contribution in [0.25, 0.3) is 89.7 Å². The molecule has 5 heterocycles. The summed E-state index contributed by atoms with van der Waals surface area (Å²) in [5, 5.41) is 3.82. The monoisotopic (exact) mass is 600 g/mol. The zero-order valence-corrected chi connectivity index (χ0v) is 20.9. The third kappa shape index (κ3) is 3.86. The zero-order valence-electron chi connectivity index (χ0n) is 20.9. The number of nitrogens with one attached hydrogen (secondary N) is 2. The van der Waals surface area contributed by atoms with E-state index in [4.69, 9.17) is 29.9 Å². The molecule has 7 aromatic rings. The molecule has 2 N–H and O–H groups in total.